The summed E-state index contributed by atoms with van der Waals surface area (Å²) in [6.45, 7) is 0.355. The van der Waals surface area contributed by atoms with Crippen molar-refractivity contribution >= 4 is 15.8 Å². The van der Waals surface area contributed by atoms with Crippen LogP contribution in [-0.4, -0.2) is 56.0 Å². The van der Waals surface area contributed by atoms with Crippen LogP contribution in [0.3, 0.4) is 0 Å². The lowest BCUT2D eigenvalue weighted by Gasteiger charge is -2.40. The number of amides is 1. The van der Waals surface area contributed by atoms with Gasteiger partial charge in [-0.05, 0) is 48.9 Å². The fourth-order valence-electron chi connectivity index (χ4n) is 4.64. The molecule has 3 N–H and O–H groups in total. The van der Waals surface area contributed by atoms with E-state index >= 15 is 13.2 Å². The Morgan fingerprint density at radius 3 is 2.51 bits per heavy atom. The fraction of sp³-hybridized carbons (Fsp3) is 0.458. The van der Waals surface area contributed by atoms with E-state index in [2.05, 4.69) is 4.72 Å². The molecule has 3 atom stereocenters. The first kappa shape index (κ1) is 25.6. The van der Waals surface area contributed by atoms with Gasteiger partial charge < -0.3 is 10.0 Å². The van der Waals surface area contributed by atoms with Gasteiger partial charge in [0.15, 0.2) is 0 Å². The molecule has 0 bridgehead atoms. The van der Waals surface area contributed by atoms with Gasteiger partial charge in [-0.1, -0.05) is 37.3 Å². The molecule has 0 spiro atoms. The average Bonchev–Trinajstić information content (AvgIpc) is 3.02. The molecular weight excluding hydrogens is 486 g/mol. The Bertz CT molecular complexity index is 1230. The topological polar surface area (TPSA) is 93.5 Å². The molecular formula is C24H27F4N3O3S. The number of hydrogen-bond acceptors (Lipinski definition) is 4. The predicted octanol–water partition coefficient (Wildman–Crippen LogP) is 3.88. The molecule has 0 radical (unpaired) electrons. The Hall–Kier alpha value is -2.50. The van der Waals surface area contributed by atoms with Crippen LogP contribution in [0.5, 0.6) is 0 Å². The Balaban J connectivity index is 1.74. The molecule has 11 heteroatoms. The van der Waals surface area contributed by atoms with Crippen molar-refractivity contribution < 1.29 is 31.7 Å². The zero-order chi connectivity index (χ0) is 25.6. The third-order valence-corrected chi connectivity index (χ3v) is 8.28. The highest BCUT2D eigenvalue weighted by molar-refractivity contribution is 7.90. The molecule has 2 aromatic rings. The fourth-order valence-corrected chi connectivity index (χ4v) is 5.55. The molecule has 2 fully saturated rings. The van der Waals surface area contributed by atoms with Crippen molar-refractivity contribution in [2.24, 2.45) is 0 Å². The van der Waals surface area contributed by atoms with Crippen molar-refractivity contribution in [3.63, 3.8) is 0 Å². The van der Waals surface area contributed by atoms with Crippen molar-refractivity contribution in [1.29, 1.82) is 4.78 Å². The SMILES string of the molecule is CCS(=N)(=O)N[C@@H]1[C@H](Cc2cccc(-c3cccc(F)c3)c2F)N(C(=O)C2(O)CCC2)CC1(F)F. The molecule has 190 valence electrons. The van der Waals surface area contributed by atoms with Crippen molar-refractivity contribution in [2.45, 2.75) is 56.2 Å². The van der Waals surface area contributed by atoms with E-state index < -0.39 is 57.6 Å². The van der Waals surface area contributed by atoms with Crippen LogP contribution in [0.25, 0.3) is 11.1 Å². The lowest BCUT2D eigenvalue weighted by Crippen LogP contribution is -2.57. The van der Waals surface area contributed by atoms with Gasteiger partial charge in [0.05, 0.1) is 12.6 Å². The highest BCUT2D eigenvalue weighted by atomic mass is 32.2. The maximum Gasteiger partial charge on any atom is 0.283 e. The predicted molar refractivity (Wildman–Crippen MR) is 123 cm³/mol. The number of carbonyl (C=O) groups is 1. The molecule has 1 unspecified atom stereocenters. The second-order valence-electron chi connectivity index (χ2n) is 9.20. The molecule has 35 heavy (non-hydrogen) atoms. The Morgan fingerprint density at radius 2 is 1.91 bits per heavy atom. The van der Waals surface area contributed by atoms with E-state index in [4.69, 9.17) is 4.78 Å². The van der Waals surface area contributed by atoms with E-state index in [0.29, 0.717) is 6.42 Å². The van der Waals surface area contributed by atoms with Crippen LogP contribution in [0.1, 0.15) is 31.7 Å². The number of benzene rings is 2. The lowest BCUT2D eigenvalue weighted by molar-refractivity contribution is -0.162. The number of likely N-dealkylation sites (tertiary alicyclic amines) is 1. The summed E-state index contributed by atoms with van der Waals surface area (Å²) in [4.78, 5) is 13.9. The maximum atomic E-state index is 15.5. The summed E-state index contributed by atoms with van der Waals surface area (Å²) in [6.07, 6.45) is 0.446. The average molecular weight is 514 g/mol. The standard InChI is InChI=1S/C24H27F4N3O3S/c1-2-35(29,34)30-21-19(31(14-24(21,27)28)22(32)23(33)10-5-11-23)13-16-7-4-9-18(20(16)26)15-6-3-8-17(25)12-15/h3-4,6-9,12,19,21,33H,2,5,10-11,13-14H2,1H3,(H2,29,30,34)/t19-,21+,35?/m0/s1. The molecule has 1 amide bonds. The first-order valence-electron chi connectivity index (χ1n) is 11.4. The number of halogens is 4. The zero-order valence-electron chi connectivity index (χ0n) is 19.1. The smallest absolute Gasteiger partial charge is 0.283 e. The molecule has 6 nitrogen and oxygen atoms in total. The van der Waals surface area contributed by atoms with Crippen LogP contribution < -0.4 is 4.72 Å². The van der Waals surface area contributed by atoms with Crippen molar-refractivity contribution in [3.05, 3.63) is 59.7 Å². The number of nitrogens with one attached hydrogen (secondary N) is 2. The van der Waals surface area contributed by atoms with Gasteiger partial charge in [0.2, 0.25) is 0 Å². The minimum Gasteiger partial charge on any atom is -0.380 e. The Kier molecular flexibility index (Phi) is 6.71. The van der Waals surface area contributed by atoms with E-state index in [-0.39, 0.29) is 41.7 Å². The first-order chi connectivity index (χ1) is 16.4. The Morgan fingerprint density at radius 1 is 1.23 bits per heavy atom. The number of hydrogen-bond donors (Lipinski definition) is 3. The number of carbonyl (C=O) groups excluding carboxylic acids is 1. The van der Waals surface area contributed by atoms with Crippen LogP contribution >= 0.6 is 0 Å². The van der Waals surface area contributed by atoms with Crippen molar-refractivity contribution in [3.8, 4) is 11.1 Å². The molecule has 0 aromatic heterocycles. The third kappa shape index (κ3) is 4.94. The zero-order valence-corrected chi connectivity index (χ0v) is 19.9. The van der Waals surface area contributed by atoms with Crippen LogP contribution in [0.15, 0.2) is 42.5 Å². The molecule has 1 saturated carbocycles. The van der Waals surface area contributed by atoms with E-state index in [0.717, 1.165) is 11.0 Å². The normalized spacial score (nSPS) is 24.6. The van der Waals surface area contributed by atoms with E-state index in [1.165, 1.54) is 43.3 Å². The first-order valence-corrected chi connectivity index (χ1v) is 13.1. The van der Waals surface area contributed by atoms with Gasteiger partial charge in [-0.2, -0.15) is 0 Å². The largest absolute Gasteiger partial charge is 0.380 e. The highest BCUT2D eigenvalue weighted by Gasteiger charge is 2.59. The molecule has 4 rings (SSSR count). The minimum atomic E-state index is -3.61. The summed E-state index contributed by atoms with van der Waals surface area (Å²) >= 11 is 0. The third-order valence-electron chi connectivity index (χ3n) is 6.83. The quantitative estimate of drug-likeness (QED) is 0.491. The van der Waals surface area contributed by atoms with E-state index in [9.17, 15) is 18.5 Å². The van der Waals surface area contributed by atoms with E-state index in [1.807, 2.05) is 0 Å². The molecule has 1 aliphatic heterocycles. The summed E-state index contributed by atoms with van der Waals surface area (Å²) in [6, 6.07) is 6.33. The Labute approximate surface area is 201 Å². The molecule has 2 aliphatic rings. The number of nitrogens with zero attached hydrogens (tertiary/aromatic N) is 1. The number of aliphatic hydroxyl groups is 1. The highest BCUT2D eigenvalue weighted by Crippen LogP contribution is 2.41. The summed E-state index contributed by atoms with van der Waals surface area (Å²) in [5, 5.41) is 10.6. The number of rotatable bonds is 7. The second kappa shape index (κ2) is 9.18. The van der Waals surface area contributed by atoms with Gasteiger partial charge in [-0.15, -0.1) is 0 Å². The monoisotopic (exact) mass is 513 g/mol. The van der Waals surface area contributed by atoms with Crippen molar-refractivity contribution in [1.82, 2.24) is 9.62 Å². The molecule has 1 aliphatic carbocycles. The summed E-state index contributed by atoms with van der Waals surface area (Å²) < 4.78 is 82.0. The van der Waals surface area contributed by atoms with Gasteiger partial charge in [-0.25, -0.2) is 31.3 Å². The van der Waals surface area contributed by atoms with Gasteiger partial charge in [0.25, 0.3) is 11.8 Å². The summed E-state index contributed by atoms with van der Waals surface area (Å²) in [5.41, 5.74) is -1.46. The summed E-state index contributed by atoms with van der Waals surface area (Å²) in [5.74, 6) is -6.03. The second-order valence-corrected chi connectivity index (χ2v) is 11.4. The minimum absolute atomic E-state index is 0.00682. The maximum absolute atomic E-state index is 15.5. The van der Waals surface area contributed by atoms with Gasteiger partial charge in [-0.3, -0.25) is 4.79 Å². The van der Waals surface area contributed by atoms with E-state index in [1.54, 1.807) is 0 Å². The molecule has 2 aromatic carbocycles. The van der Waals surface area contributed by atoms with Crippen LogP contribution in [-0.2, 0) is 21.1 Å². The van der Waals surface area contributed by atoms with Crippen molar-refractivity contribution in [2.75, 3.05) is 12.3 Å². The van der Waals surface area contributed by atoms with Gasteiger partial charge in [0.1, 0.15) is 33.2 Å². The van der Waals surface area contributed by atoms with Crippen LogP contribution in [0.4, 0.5) is 17.6 Å². The number of alkyl halides is 2. The molecule has 1 heterocycles. The van der Waals surface area contributed by atoms with Gasteiger partial charge in [0, 0.05) is 11.3 Å². The van der Waals surface area contributed by atoms with Gasteiger partial charge >= 0.3 is 0 Å². The van der Waals surface area contributed by atoms with Crippen LogP contribution in [0.2, 0.25) is 0 Å². The summed E-state index contributed by atoms with van der Waals surface area (Å²) in [7, 11) is -3.61. The van der Waals surface area contributed by atoms with Crippen LogP contribution in [0, 0.1) is 16.4 Å². The molecule has 1 saturated heterocycles. The lowest BCUT2D eigenvalue weighted by atomic mass is 9.79.